The number of nitrogens with one attached hydrogen (secondary N) is 1. The predicted octanol–water partition coefficient (Wildman–Crippen LogP) is 4.83. The smallest absolute Gasteiger partial charge is 0.0509 e. The van der Waals surface area contributed by atoms with E-state index in [2.05, 4.69) is 79.0 Å². The van der Waals surface area contributed by atoms with Gasteiger partial charge in [0.1, 0.15) is 0 Å². The number of rotatable bonds is 7. The van der Waals surface area contributed by atoms with E-state index in [1.165, 1.54) is 24.0 Å². The molecule has 0 bridgehead atoms. The minimum Gasteiger partial charge on any atom is -0.307 e. The van der Waals surface area contributed by atoms with Crippen molar-refractivity contribution in [1.82, 2.24) is 5.32 Å². The molecule has 0 fully saturated rings. The van der Waals surface area contributed by atoms with Gasteiger partial charge in [0.15, 0.2) is 0 Å². The summed E-state index contributed by atoms with van der Waals surface area (Å²) in [4.78, 5) is 0. The Morgan fingerprint density at radius 3 is 2.25 bits per heavy atom. The molecule has 0 unspecified atom stereocenters. The molecule has 0 amide bonds. The first kappa shape index (κ1) is 14.5. The van der Waals surface area contributed by atoms with Crippen molar-refractivity contribution < 1.29 is 0 Å². The molecular weight excluding hydrogens is 242 g/mol. The van der Waals surface area contributed by atoms with Gasteiger partial charge in [0, 0.05) is 0 Å². The summed E-state index contributed by atoms with van der Waals surface area (Å²) in [6.45, 7) is 3.27. The number of benzene rings is 2. The molecule has 0 spiro atoms. The van der Waals surface area contributed by atoms with Crippen molar-refractivity contribution in [3.8, 4) is 0 Å². The fourth-order valence-corrected chi connectivity index (χ4v) is 2.16. The summed E-state index contributed by atoms with van der Waals surface area (Å²) >= 11 is 0. The molecule has 0 radical (unpaired) electrons. The molecule has 2 aromatic rings. The molecule has 0 saturated heterocycles. The van der Waals surface area contributed by atoms with Gasteiger partial charge in [0.25, 0.3) is 0 Å². The van der Waals surface area contributed by atoms with E-state index in [4.69, 9.17) is 0 Å². The quantitative estimate of drug-likeness (QED) is 0.707. The van der Waals surface area contributed by atoms with Gasteiger partial charge < -0.3 is 5.32 Å². The van der Waals surface area contributed by atoms with Crippen molar-refractivity contribution >= 4 is 6.08 Å². The highest BCUT2D eigenvalue weighted by atomic mass is 14.9. The van der Waals surface area contributed by atoms with Crippen LogP contribution in [0.4, 0.5) is 0 Å². The Bertz CT molecular complexity index is 502. The molecule has 104 valence electrons. The average Bonchev–Trinajstić information content (AvgIpc) is 2.52. The molecule has 0 aromatic heterocycles. The number of hydrogen-bond donors (Lipinski definition) is 1. The molecule has 0 aliphatic rings. The molecule has 0 aliphatic carbocycles. The van der Waals surface area contributed by atoms with Crippen LogP contribution in [-0.4, -0.2) is 6.54 Å². The Morgan fingerprint density at radius 1 is 0.950 bits per heavy atom. The maximum absolute atomic E-state index is 3.62. The van der Waals surface area contributed by atoms with E-state index in [9.17, 15) is 0 Å². The Morgan fingerprint density at radius 2 is 1.60 bits per heavy atom. The minimum atomic E-state index is 0.281. The second-order valence-electron chi connectivity index (χ2n) is 4.97. The van der Waals surface area contributed by atoms with Gasteiger partial charge in [-0.3, -0.25) is 0 Å². The van der Waals surface area contributed by atoms with Crippen LogP contribution < -0.4 is 5.32 Å². The molecule has 0 saturated carbocycles. The Hall–Kier alpha value is -1.86. The molecule has 1 nitrogen and oxygen atoms in total. The average molecular weight is 265 g/mol. The largest absolute Gasteiger partial charge is 0.307 e. The van der Waals surface area contributed by atoms with Crippen molar-refractivity contribution in [1.29, 1.82) is 0 Å². The Balaban J connectivity index is 2.08. The zero-order chi connectivity index (χ0) is 14.0. The van der Waals surface area contributed by atoms with Crippen LogP contribution in [0.1, 0.15) is 36.9 Å². The maximum atomic E-state index is 3.62. The van der Waals surface area contributed by atoms with E-state index in [1.54, 1.807) is 0 Å². The fourth-order valence-electron chi connectivity index (χ4n) is 2.16. The van der Waals surface area contributed by atoms with Crippen molar-refractivity contribution in [2.45, 2.75) is 25.8 Å². The van der Waals surface area contributed by atoms with Crippen molar-refractivity contribution in [3.63, 3.8) is 0 Å². The lowest BCUT2D eigenvalue weighted by Crippen LogP contribution is -2.20. The van der Waals surface area contributed by atoms with Gasteiger partial charge in [-0.05, 0) is 24.1 Å². The first-order valence-corrected chi connectivity index (χ1v) is 7.41. The third-order valence-electron chi connectivity index (χ3n) is 3.33. The molecule has 1 heteroatoms. The lowest BCUT2D eigenvalue weighted by molar-refractivity contribution is 0.592. The zero-order valence-corrected chi connectivity index (χ0v) is 12.1. The van der Waals surface area contributed by atoms with Gasteiger partial charge in [0.05, 0.1) is 6.04 Å². The third kappa shape index (κ3) is 4.67. The SMILES string of the molecule is CCCCN[C@H](/C=C/c1ccccc1)c1ccccc1. The first-order chi connectivity index (χ1) is 9.90. The van der Waals surface area contributed by atoms with Crippen LogP contribution in [0, 0.1) is 0 Å². The summed E-state index contributed by atoms with van der Waals surface area (Å²) in [6, 6.07) is 21.3. The summed E-state index contributed by atoms with van der Waals surface area (Å²) in [5.74, 6) is 0. The second kappa shape index (κ2) is 8.34. The molecule has 2 rings (SSSR count). The summed E-state index contributed by atoms with van der Waals surface area (Å²) in [7, 11) is 0. The highest BCUT2D eigenvalue weighted by Gasteiger charge is 2.05. The molecule has 0 aliphatic heterocycles. The zero-order valence-electron chi connectivity index (χ0n) is 12.1. The first-order valence-electron chi connectivity index (χ1n) is 7.41. The van der Waals surface area contributed by atoms with Crippen molar-refractivity contribution in [2.24, 2.45) is 0 Å². The molecule has 0 heterocycles. The van der Waals surface area contributed by atoms with E-state index < -0.39 is 0 Å². The monoisotopic (exact) mass is 265 g/mol. The lowest BCUT2D eigenvalue weighted by atomic mass is 10.0. The third-order valence-corrected chi connectivity index (χ3v) is 3.33. The van der Waals surface area contributed by atoms with Crippen LogP contribution in [0.2, 0.25) is 0 Å². The summed E-state index contributed by atoms with van der Waals surface area (Å²) in [5, 5.41) is 3.62. The van der Waals surface area contributed by atoms with Crippen LogP contribution in [0.3, 0.4) is 0 Å². The van der Waals surface area contributed by atoms with E-state index >= 15 is 0 Å². The summed E-state index contributed by atoms with van der Waals surface area (Å²) in [6.07, 6.45) is 6.87. The highest BCUT2D eigenvalue weighted by Crippen LogP contribution is 2.16. The Kier molecular flexibility index (Phi) is 6.07. The van der Waals surface area contributed by atoms with Gasteiger partial charge in [-0.25, -0.2) is 0 Å². The minimum absolute atomic E-state index is 0.281. The van der Waals surface area contributed by atoms with E-state index in [0.29, 0.717) is 0 Å². The number of hydrogen-bond acceptors (Lipinski definition) is 1. The molecule has 1 atom stereocenters. The van der Waals surface area contributed by atoms with Crippen molar-refractivity contribution in [2.75, 3.05) is 6.54 Å². The van der Waals surface area contributed by atoms with Crippen LogP contribution in [0.15, 0.2) is 66.7 Å². The second-order valence-corrected chi connectivity index (χ2v) is 4.97. The molecule has 2 aromatic carbocycles. The van der Waals surface area contributed by atoms with Crippen LogP contribution in [0.5, 0.6) is 0 Å². The summed E-state index contributed by atoms with van der Waals surface area (Å²) in [5.41, 5.74) is 2.56. The Labute approximate surface area is 122 Å². The fraction of sp³-hybridized carbons (Fsp3) is 0.263. The lowest BCUT2D eigenvalue weighted by Gasteiger charge is -2.15. The van der Waals surface area contributed by atoms with Crippen LogP contribution in [0.25, 0.3) is 6.08 Å². The highest BCUT2D eigenvalue weighted by molar-refractivity contribution is 5.50. The van der Waals surface area contributed by atoms with E-state index in [1.807, 2.05) is 6.07 Å². The normalized spacial score (nSPS) is 12.7. The van der Waals surface area contributed by atoms with Crippen molar-refractivity contribution in [3.05, 3.63) is 77.9 Å². The molecular formula is C19H23N. The van der Waals surface area contributed by atoms with Gasteiger partial charge in [-0.1, -0.05) is 86.2 Å². The van der Waals surface area contributed by atoms with Crippen LogP contribution >= 0.6 is 0 Å². The standard InChI is InChI=1S/C19H23N/c1-2-3-16-20-19(18-12-8-5-9-13-18)15-14-17-10-6-4-7-11-17/h4-15,19-20H,2-3,16H2,1H3/b15-14+/t19-/m1/s1. The van der Waals surface area contributed by atoms with E-state index in [0.717, 1.165) is 6.54 Å². The van der Waals surface area contributed by atoms with Gasteiger partial charge in [-0.15, -0.1) is 0 Å². The summed E-state index contributed by atoms with van der Waals surface area (Å²) < 4.78 is 0. The molecule has 1 N–H and O–H groups in total. The maximum Gasteiger partial charge on any atom is 0.0509 e. The van der Waals surface area contributed by atoms with Gasteiger partial charge in [0.2, 0.25) is 0 Å². The van der Waals surface area contributed by atoms with Crippen LogP contribution in [-0.2, 0) is 0 Å². The van der Waals surface area contributed by atoms with E-state index in [-0.39, 0.29) is 6.04 Å². The topological polar surface area (TPSA) is 12.0 Å². The van der Waals surface area contributed by atoms with Gasteiger partial charge >= 0.3 is 0 Å². The van der Waals surface area contributed by atoms with Gasteiger partial charge in [-0.2, -0.15) is 0 Å². The molecule has 20 heavy (non-hydrogen) atoms. The number of unbranched alkanes of at least 4 members (excludes halogenated alkanes) is 1. The predicted molar refractivity (Wildman–Crippen MR) is 87.6 cm³/mol.